The lowest BCUT2D eigenvalue weighted by atomic mass is 10.1. The molecule has 1 N–H and O–H groups in total. The average Bonchev–Trinajstić information content (AvgIpc) is 2.95. The third kappa shape index (κ3) is 2.56. The molecule has 1 aromatic carbocycles. The molecule has 1 aliphatic heterocycles. The number of hydrogen-bond donors (Lipinski definition) is 1. The Morgan fingerprint density at radius 2 is 2.30 bits per heavy atom. The molecule has 0 unspecified atom stereocenters. The van der Waals surface area contributed by atoms with Crippen molar-refractivity contribution in [2.45, 2.75) is 6.04 Å². The molecule has 0 radical (unpaired) electrons. The van der Waals surface area contributed by atoms with Gasteiger partial charge >= 0.3 is 5.97 Å². The van der Waals surface area contributed by atoms with E-state index in [0.29, 0.717) is 17.4 Å². The summed E-state index contributed by atoms with van der Waals surface area (Å²) in [6, 6.07) is 5.61. The summed E-state index contributed by atoms with van der Waals surface area (Å²) in [7, 11) is 1.44. The number of nitrogens with zero attached hydrogens (tertiary/aromatic N) is 2. The average molecular weight is 292 g/mol. The number of benzene rings is 1. The summed E-state index contributed by atoms with van der Waals surface area (Å²) in [5, 5.41) is 18.1. The molecule has 1 atom stereocenters. The van der Waals surface area contributed by atoms with Crippen LogP contribution in [-0.2, 0) is 4.79 Å². The number of carboxylic acid groups (broad SMARTS) is 1. The van der Waals surface area contributed by atoms with E-state index < -0.39 is 12.0 Å². The van der Waals surface area contributed by atoms with Crippen molar-refractivity contribution in [3.05, 3.63) is 29.3 Å². The van der Waals surface area contributed by atoms with Crippen molar-refractivity contribution in [3.63, 3.8) is 0 Å². The number of hydrogen-bond acceptors (Lipinski definition) is 5. The third-order valence-electron chi connectivity index (χ3n) is 3.00. The van der Waals surface area contributed by atoms with E-state index in [9.17, 15) is 9.59 Å². The highest BCUT2D eigenvalue weighted by Crippen LogP contribution is 2.25. The van der Waals surface area contributed by atoms with Gasteiger partial charge in [0, 0.05) is 11.3 Å². The molecular weight excluding hydrogens is 280 g/mol. The van der Waals surface area contributed by atoms with Gasteiger partial charge in [-0.15, -0.1) is 11.8 Å². The van der Waals surface area contributed by atoms with Gasteiger partial charge < -0.3 is 14.7 Å². The number of ether oxygens (including phenoxy) is 1. The molecule has 0 bridgehead atoms. The van der Waals surface area contributed by atoms with Crippen LogP contribution in [0, 0.1) is 11.3 Å². The van der Waals surface area contributed by atoms with Gasteiger partial charge in [-0.2, -0.15) is 5.26 Å². The van der Waals surface area contributed by atoms with Crippen molar-refractivity contribution in [2.24, 2.45) is 0 Å². The van der Waals surface area contributed by atoms with Gasteiger partial charge in [0.25, 0.3) is 5.91 Å². The second-order valence-electron chi connectivity index (χ2n) is 4.16. The van der Waals surface area contributed by atoms with E-state index in [4.69, 9.17) is 15.1 Å². The Kier molecular flexibility index (Phi) is 4.15. The summed E-state index contributed by atoms with van der Waals surface area (Å²) in [5.41, 5.74) is 0.535. The molecule has 6 nitrogen and oxygen atoms in total. The van der Waals surface area contributed by atoms with E-state index >= 15 is 0 Å². The van der Waals surface area contributed by atoms with E-state index in [0.717, 1.165) is 0 Å². The quantitative estimate of drug-likeness (QED) is 0.899. The van der Waals surface area contributed by atoms with Gasteiger partial charge in [0.05, 0.1) is 18.6 Å². The van der Waals surface area contributed by atoms with Crippen molar-refractivity contribution in [1.29, 1.82) is 5.26 Å². The number of nitriles is 1. The number of rotatable bonds is 3. The molecule has 0 aliphatic carbocycles. The number of carbonyl (C=O) groups is 2. The monoisotopic (exact) mass is 292 g/mol. The molecule has 1 aromatic rings. The van der Waals surface area contributed by atoms with Crippen LogP contribution in [0.2, 0.25) is 0 Å². The number of carboxylic acids is 1. The maximum absolute atomic E-state index is 12.3. The Hall–Kier alpha value is -2.20. The summed E-state index contributed by atoms with van der Waals surface area (Å²) in [6.45, 7) is 0. The first kappa shape index (κ1) is 14.2. The van der Waals surface area contributed by atoms with Gasteiger partial charge in [-0.05, 0) is 18.2 Å². The minimum Gasteiger partial charge on any atom is -0.495 e. The van der Waals surface area contributed by atoms with Gasteiger partial charge in [0.2, 0.25) is 0 Å². The van der Waals surface area contributed by atoms with Crippen molar-refractivity contribution in [1.82, 2.24) is 4.90 Å². The summed E-state index contributed by atoms with van der Waals surface area (Å²) < 4.78 is 5.01. The van der Waals surface area contributed by atoms with Gasteiger partial charge in [-0.3, -0.25) is 4.79 Å². The van der Waals surface area contributed by atoms with E-state index in [1.807, 2.05) is 6.07 Å². The summed E-state index contributed by atoms with van der Waals surface area (Å²) >= 11 is 1.39. The van der Waals surface area contributed by atoms with Gasteiger partial charge in [-0.1, -0.05) is 0 Å². The first-order valence-electron chi connectivity index (χ1n) is 5.78. The summed E-state index contributed by atoms with van der Waals surface area (Å²) in [4.78, 5) is 24.7. The Morgan fingerprint density at radius 1 is 1.55 bits per heavy atom. The topological polar surface area (TPSA) is 90.6 Å². The van der Waals surface area contributed by atoms with Gasteiger partial charge in [0.15, 0.2) is 0 Å². The summed E-state index contributed by atoms with van der Waals surface area (Å²) in [6.07, 6.45) is 0. The lowest BCUT2D eigenvalue weighted by molar-refractivity contribution is -0.140. The SMILES string of the molecule is COc1ccc(C(=O)N2CSC[C@H]2C(=O)O)cc1C#N. The predicted octanol–water partition coefficient (Wildman–Crippen LogP) is 1.17. The Labute approximate surface area is 119 Å². The second-order valence-corrected chi connectivity index (χ2v) is 5.16. The van der Waals surface area contributed by atoms with E-state index in [2.05, 4.69) is 0 Å². The zero-order valence-electron chi connectivity index (χ0n) is 10.7. The van der Waals surface area contributed by atoms with Crippen LogP contribution < -0.4 is 4.74 Å². The molecule has 0 spiro atoms. The van der Waals surface area contributed by atoms with E-state index in [-0.39, 0.29) is 17.0 Å². The molecule has 2 rings (SSSR count). The van der Waals surface area contributed by atoms with Crippen LogP contribution in [0.3, 0.4) is 0 Å². The summed E-state index contributed by atoms with van der Waals surface area (Å²) in [5.74, 6) is -0.306. The minimum absolute atomic E-state index is 0.247. The highest BCUT2D eigenvalue weighted by atomic mass is 32.2. The maximum atomic E-state index is 12.3. The van der Waals surface area contributed by atoms with Gasteiger partial charge in [0.1, 0.15) is 17.9 Å². The molecule has 1 fully saturated rings. The zero-order chi connectivity index (χ0) is 14.7. The molecule has 7 heteroatoms. The number of amides is 1. The Bertz CT molecular complexity index is 597. The maximum Gasteiger partial charge on any atom is 0.327 e. The Morgan fingerprint density at radius 3 is 2.90 bits per heavy atom. The zero-order valence-corrected chi connectivity index (χ0v) is 11.5. The molecule has 0 saturated carbocycles. The minimum atomic E-state index is -1.02. The molecule has 1 amide bonds. The number of aliphatic carboxylic acids is 1. The molecule has 20 heavy (non-hydrogen) atoms. The fourth-order valence-corrected chi connectivity index (χ4v) is 3.09. The standard InChI is InChI=1S/C13H12N2O4S/c1-19-11-3-2-8(4-9(11)5-14)12(16)15-7-20-6-10(15)13(17)18/h2-4,10H,6-7H2,1H3,(H,17,18)/t10-/m0/s1. The van der Waals surface area contributed by atoms with Crippen molar-refractivity contribution in [2.75, 3.05) is 18.7 Å². The lowest BCUT2D eigenvalue weighted by Gasteiger charge is -2.20. The van der Waals surface area contributed by atoms with Crippen molar-refractivity contribution in [3.8, 4) is 11.8 Å². The predicted molar refractivity (Wildman–Crippen MR) is 72.6 cm³/mol. The van der Waals surface area contributed by atoms with Crippen LogP contribution in [0.1, 0.15) is 15.9 Å². The molecule has 1 heterocycles. The fourth-order valence-electron chi connectivity index (χ4n) is 1.94. The van der Waals surface area contributed by atoms with Crippen LogP contribution in [-0.4, -0.2) is 46.7 Å². The van der Waals surface area contributed by atoms with Crippen molar-refractivity contribution < 1.29 is 19.4 Å². The fraction of sp³-hybridized carbons (Fsp3) is 0.308. The molecule has 0 aromatic heterocycles. The van der Waals surface area contributed by atoms with Crippen LogP contribution in [0.15, 0.2) is 18.2 Å². The van der Waals surface area contributed by atoms with Crippen LogP contribution in [0.25, 0.3) is 0 Å². The first-order chi connectivity index (χ1) is 9.58. The van der Waals surface area contributed by atoms with Crippen LogP contribution in [0.4, 0.5) is 0 Å². The lowest BCUT2D eigenvalue weighted by Crippen LogP contribution is -2.41. The first-order valence-corrected chi connectivity index (χ1v) is 6.93. The number of methoxy groups -OCH3 is 1. The van der Waals surface area contributed by atoms with Crippen molar-refractivity contribution >= 4 is 23.6 Å². The largest absolute Gasteiger partial charge is 0.495 e. The highest BCUT2D eigenvalue weighted by Gasteiger charge is 2.35. The molecule has 104 valence electrons. The molecular formula is C13H12N2O4S. The smallest absolute Gasteiger partial charge is 0.327 e. The third-order valence-corrected chi connectivity index (χ3v) is 4.01. The molecule has 1 aliphatic rings. The number of thioether (sulfide) groups is 1. The van der Waals surface area contributed by atoms with Crippen LogP contribution in [0.5, 0.6) is 5.75 Å². The van der Waals surface area contributed by atoms with Gasteiger partial charge in [-0.25, -0.2) is 4.79 Å². The van der Waals surface area contributed by atoms with E-state index in [1.165, 1.54) is 42.0 Å². The number of carbonyl (C=O) groups excluding carboxylic acids is 1. The van der Waals surface area contributed by atoms with Crippen LogP contribution >= 0.6 is 11.8 Å². The normalized spacial score (nSPS) is 17.6. The Balaban J connectivity index is 2.30. The second kappa shape index (κ2) is 5.84. The molecule has 1 saturated heterocycles. The highest BCUT2D eigenvalue weighted by molar-refractivity contribution is 7.99. The van der Waals surface area contributed by atoms with E-state index in [1.54, 1.807) is 0 Å².